The van der Waals surface area contributed by atoms with Crippen LogP contribution in [-0.4, -0.2) is 82.5 Å². The van der Waals surface area contributed by atoms with E-state index >= 15 is 0 Å². The number of hydrogen-bond acceptors (Lipinski definition) is 12. The molecule has 2 aliphatic heterocycles. The zero-order valence-corrected chi connectivity index (χ0v) is 56.5. The molecular formula is C68H90F4N4O12SSi2. The number of nitrogens with zero attached hydrogens (tertiary/aromatic N) is 2. The summed E-state index contributed by atoms with van der Waals surface area (Å²) in [5.41, 5.74) is 15.1. The minimum atomic E-state index is -4.67. The lowest BCUT2D eigenvalue weighted by Crippen LogP contribution is -2.55. The Kier molecular flexibility index (Phi) is 25.6. The molecule has 91 heavy (non-hydrogen) atoms. The molecule has 23 heteroatoms. The minimum absolute atomic E-state index is 0.0264. The zero-order chi connectivity index (χ0) is 67.2. The van der Waals surface area contributed by atoms with Crippen LogP contribution in [0, 0.1) is 35.1 Å². The molecule has 2 heterocycles. The van der Waals surface area contributed by atoms with Crippen molar-refractivity contribution in [3.05, 3.63) is 179 Å². The predicted molar refractivity (Wildman–Crippen MR) is 352 cm³/mol. The molecule has 6 unspecified atom stereocenters. The molecular weight excluding hydrogens is 1230 g/mol. The molecule has 2 saturated heterocycles. The van der Waals surface area contributed by atoms with Gasteiger partial charge in [0, 0.05) is 34.6 Å². The number of anilines is 2. The number of halogens is 4. The molecule has 2 amide bonds. The molecule has 0 saturated carbocycles. The number of amides is 2. The fourth-order valence-electron chi connectivity index (χ4n) is 10.4. The molecule has 0 aliphatic carbocycles. The number of phenols is 2. The standard InChI is InChI=1S/2C34H44F2N2O4Si.H2O4S/c2*1-34(2,3)43(4,5)42-31(23-8-10-24(35)11-9-23)19-18-29-32(38(33(29)40)26-14-12-25(36)13-15-26)28-17-16-27(22-30(28)39)41-21-7-6-20-37;1-5(2,3)4/h2*8-17,22,29,31-32,39H,6-7,18-21,37H2,1-5H3;(H2,1,2,3,4). The number of carbonyl (C=O) groups is 2. The largest absolute Gasteiger partial charge is 0.507 e. The van der Waals surface area contributed by atoms with E-state index in [-0.39, 0.29) is 57.2 Å². The Morgan fingerprint density at radius 2 is 0.802 bits per heavy atom. The molecule has 2 aliphatic rings. The van der Waals surface area contributed by atoms with Crippen LogP contribution < -0.4 is 30.7 Å². The Bertz CT molecular complexity index is 3230. The van der Waals surface area contributed by atoms with Crippen molar-refractivity contribution in [1.82, 2.24) is 0 Å². The van der Waals surface area contributed by atoms with Gasteiger partial charge >= 0.3 is 10.4 Å². The summed E-state index contributed by atoms with van der Waals surface area (Å²) in [5, 5.41) is 22.1. The molecule has 0 aromatic heterocycles. The molecule has 6 aromatic rings. The topological polar surface area (TPSA) is 245 Å². The lowest BCUT2D eigenvalue weighted by atomic mass is 9.78. The van der Waals surface area contributed by atoms with E-state index in [0.717, 1.165) is 36.8 Å². The maximum absolute atomic E-state index is 13.8. The summed E-state index contributed by atoms with van der Waals surface area (Å²) in [6.45, 7) is 23.9. The van der Waals surface area contributed by atoms with Crippen molar-refractivity contribution < 1.29 is 73.2 Å². The normalized spacial score (nSPS) is 17.6. The highest BCUT2D eigenvalue weighted by Gasteiger charge is 2.52. The molecule has 0 bridgehead atoms. The van der Waals surface area contributed by atoms with Gasteiger partial charge in [-0.25, -0.2) is 17.6 Å². The van der Waals surface area contributed by atoms with Gasteiger partial charge in [0.15, 0.2) is 16.6 Å². The van der Waals surface area contributed by atoms with E-state index in [1.807, 2.05) is 0 Å². The van der Waals surface area contributed by atoms with Crippen LogP contribution in [0.4, 0.5) is 28.9 Å². The molecule has 8 N–H and O–H groups in total. The van der Waals surface area contributed by atoms with Gasteiger partial charge in [-0.3, -0.25) is 18.7 Å². The lowest BCUT2D eigenvalue weighted by Gasteiger charge is -2.48. The van der Waals surface area contributed by atoms with E-state index in [4.69, 9.17) is 47.3 Å². The Morgan fingerprint density at radius 1 is 0.505 bits per heavy atom. The van der Waals surface area contributed by atoms with Gasteiger partial charge in [-0.05, 0) is 209 Å². The van der Waals surface area contributed by atoms with Crippen LogP contribution in [0.2, 0.25) is 36.3 Å². The first kappa shape index (κ1) is 73.4. The van der Waals surface area contributed by atoms with Crippen LogP contribution >= 0.6 is 0 Å². The molecule has 16 nitrogen and oxygen atoms in total. The molecule has 496 valence electrons. The van der Waals surface area contributed by atoms with Crippen LogP contribution in [-0.2, 0) is 28.8 Å². The highest BCUT2D eigenvalue weighted by Crippen LogP contribution is 2.52. The van der Waals surface area contributed by atoms with Gasteiger partial charge in [0.1, 0.15) is 46.3 Å². The minimum Gasteiger partial charge on any atom is -0.507 e. The third-order valence-corrected chi connectivity index (χ3v) is 26.4. The van der Waals surface area contributed by atoms with E-state index < -0.39 is 62.6 Å². The van der Waals surface area contributed by atoms with Crippen LogP contribution in [0.25, 0.3) is 0 Å². The van der Waals surface area contributed by atoms with Crippen molar-refractivity contribution >= 4 is 50.2 Å². The average Bonchev–Trinajstić information content (AvgIpc) is 0.758. The number of β-lactam (4-membered cyclic amide) rings is 2. The number of rotatable bonds is 26. The van der Waals surface area contributed by atoms with E-state index in [2.05, 4.69) is 67.7 Å². The summed E-state index contributed by atoms with van der Waals surface area (Å²) in [7, 11) is -9.10. The number of unbranched alkanes of at least 4 members (excludes halogenated alkanes) is 2. The Morgan fingerprint density at radius 3 is 1.08 bits per heavy atom. The second-order valence-electron chi connectivity index (χ2n) is 26.0. The quantitative estimate of drug-likeness (QED) is 0.00973. The second-order valence-corrected chi connectivity index (χ2v) is 36.4. The van der Waals surface area contributed by atoms with Crippen LogP contribution in [0.1, 0.15) is 139 Å². The van der Waals surface area contributed by atoms with Crippen LogP contribution in [0.5, 0.6) is 23.0 Å². The third-order valence-electron chi connectivity index (χ3n) is 17.5. The fraction of sp³-hybridized carbons (Fsp3) is 0.441. The van der Waals surface area contributed by atoms with Crippen molar-refractivity contribution in [1.29, 1.82) is 0 Å². The summed E-state index contributed by atoms with van der Waals surface area (Å²) in [6.07, 6.45) is 4.69. The maximum atomic E-state index is 13.8. The summed E-state index contributed by atoms with van der Waals surface area (Å²) in [6, 6.07) is 33.7. The number of benzene rings is 6. The number of ether oxygens (including phenoxy) is 2. The monoisotopic (exact) mass is 1320 g/mol. The molecule has 8 rings (SSSR count). The van der Waals surface area contributed by atoms with Crippen molar-refractivity contribution in [2.45, 2.75) is 153 Å². The molecule has 2 fully saturated rings. The van der Waals surface area contributed by atoms with E-state index in [9.17, 15) is 37.4 Å². The number of hydrogen-bond donors (Lipinski definition) is 6. The summed E-state index contributed by atoms with van der Waals surface area (Å²) in [4.78, 5) is 30.6. The first-order valence-electron chi connectivity index (χ1n) is 30.7. The van der Waals surface area contributed by atoms with Gasteiger partial charge in [0.2, 0.25) is 11.8 Å². The fourth-order valence-corrected chi connectivity index (χ4v) is 13.1. The van der Waals surface area contributed by atoms with E-state index in [0.29, 0.717) is 86.0 Å². The number of nitrogens with two attached hydrogens (primary N) is 2. The molecule has 0 spiro atoms. The number of carbonyl (C=O) groups excluding carboxylic acids is 2. The number of aromatic hydroxyl groups is 2. The highest BCUT2D eigenvalue weighted by molar-refractivity contribution is 7.79. The first-order valence-corrected chi connectivity index (χ1v) is 37.9. The van der Waals surface area contributed by atoms with Gasteiger partial charge in [-0.2, -0.15) is 8.42 Å². The number of phenolic OH excluding ortho intramolecular Hbond substituents is 2. The summed E-state index contributed by atoms with van der Waals surface area (Å²) in [5.74, 6) is -1.41. The van der Waals surface area contributed by atoms with Crippen LogP contribution in [0.3, 0.4) is 0 Å². The molecule has 0 radical (unpaired) electrons. The van der Waals surface area contributed by atoms with Crippen molar-refractivity contribution in [2.75, 3.05) is 36.1 Å². The zero-order valence-electron chi connectivity index (χ0n) is 53.7. The van der Waals surface area contributed by atoms with Crippen molar-refractivity contribution in [3.8, 4) is 23.0 Å². The van der Waals surface area contributed by atoms with Crippen LogP contribution in [0.15, 0.2) is 133 Å². The second kappa shape index (κ2) is 31.8. The van der Waals surface area contributed by atoms with Gasteiger partial charge in [0.25, 0.3) is 0 Å². The molecule has 6 atom stereocenters. The average molecular weight is 1320 g/mol. The SMILES string of the molecule is CC(C)(C)[Si](C)(C)OC(CCC1C(=O)N(c2ccc(F)cc2)C1c1ccc(OCCCCN)cc1O)c1ccc(F)cc1.CC(C)(C)[Si](C)(C)OC(CCC1C(=O)N(c2ccc(F)cc2)C1c1ccc(OCCCCN)cc1O)c1ccc(F)cc1.O=S(=O)(O)O. The van der Waals surface area contributed by atoms with Gasteiger partial charge in [0.05, 0.1) is 49.3 Å². The van der Waals surface area contributed by atoms with E-state index in [1.165, 1.54) is 48.5 Å². The Hall–Kier alpha value is -6.68. The van der Waals surface area contributed by atoms with Crippen molar-refractivity contribution in [2.24, 2.45) is 23.3 Å². The van der Waals surface area contributed by atoms with Gasteiger partial charge in [-0.1, -0.05) is 65.8 Å². The summed E-state index contributed by atoms with van der Waals surface area (Å²) >= 11 is 0. The summed E-state index contributed by atoms with van der Waals surface area (Å²) < 4.78 is 112. The Labute approximate surface area is 535 Å². The lowest BCUT2D eigenvalue weighted by molar-refractivity contribution is -0.131. The Balaban J connectivity index is 0.000000269. The van der Waals surface area contributed by atoms with Gasteiger partial charge < -0.3 is 49.8 Å². The van der Waals surface area contributed by atoms with Gasteiger partial charge in [-0.15, -0.1) is 0 Å². The third kappa shape index (κ3) is 20.2. The maximum Gasteiger partial charge on any atom is 0.394 e. The first-order chi connectivity index (χ1) is 42.6. The molecule has 6 aromatic carbocycles. The highest BCUT2D eigenvalue weighted by atomic mass is 32.3. The van der Waals surface area contributed by atoms with E-state index in [1.54, 1.807) is 94.7 Å². The predicted octanol–water partition coefficient (Wildman–Crippen LogP) is 15.4. The van der Waals surface area contributed by atoms with Crippen molar-refractivity contribution in [3.63, 3.8) is 0 Å². The smallest absolute Gasteiger partial charge is 0.394 e.